The van der Waals surface area contributed by atoms with Crippen molar-refractivity contribution in [1.82, 2.24) is 4.90 Å². The van der Waals surface area contributed by atoms with E-state index in [1.165, 1.54) is 23.1 Å². The number of piperidine rings is 1. The number of likely N-dealkylation sites (tertiary alicyclic amines) is 1. The number of carbonyl (C=O) groups is 2. The van der Waals surface area contributed by atoms with E-state index >= 15 is 0 Å². The van der Waals surface area contributed by atoms with E-state index in [1.807, 2.05) is 47.4 Å². The van der Waals surface area contributed by atoms with Gasteiger partial charge in [0.1, 0.15) is 0 Å². The minimum Gasteiger partial charge on any atom is -0.366 e. The topological polar surface area (TPSA) is 52.7 Å². The molecule has 0 saturated carbocycles. The van der Waals surface area contributed by atoms with Crippen molar-refractivity contribution >= 4 is 23.2 Å². The summed E-state index contributed by atoms with van der Waals surface area (Å²) in [6.07, 6.45) is 7.55. The third kappa shape index (κ3) is 5.87. The molecule has 1 saturated heterocycles. The van der Waals surface area contributed by atoms with Gasteiger partial charge in [-0.2, -0.15) is 0 Å². The molecule has 2 amide bonds. The van der Waals surface area contributed by atoms with E-state index in [0.29, 0.717) is 16.8 Å². The van der Waals surface area contributed by atoms with Crippen molar-refractivity contribution in [1.29, 1.82) is 0 Å². The molecular formula is C32H37N3O2. The molecule has 1 fully saturated rings. The van der Waals surface area contributed by atoms with Crippen molar-refractivity contribution in [2.45, 2.75) is 58.4 Å². The lowest BCUT2D eigenvalue weighted by molar-refractivity contribution is 0.0724. The lowest BCUT2D eigenvalue weighted by Gasteiger charge is -2.34. The fourth-order valence-corrected chi connectivity index (χ4v) is 5.44. The molecule has 192 valence electrons. The highest BCUT2D eigenvalue weighted by molar-refractivity contribution is 6.06. The summed E-state index contributed by atoms with van der Waals surface area (Å²) in [5.41, 5.74) is 6.84. The average molecular weight is 496 g/mol. The van der Waals surface area contributed by atoms with Crippen LogP contribution in [0.4, 0.5) is 11.4 Å². The van der Waals surface area contributed by atoms with Crippen LogP contribution >= 0.6 is 0 Å². The fourth-order valence-electron chi connectivity index (χ4n) is 5.44. The van der Waals surface area contributed by atoms with Gasteiger partial charge in [0.25, 0.3) is 11.8 Å². The molecule has 2 aliphatic rings. The second-order valence-corrected chi connectivity index (χ2v) is 10.3. The molecule has 3 aromatic rings. The van der Waals surface area contributed by atoms with Gasteiger partial charge in [0, 0.05) is 43.1 Å². The van der Waals surface area contributed by atoms with Gasteiger partial charge < -0.3 is 15.1 Å². The Morgan fingerprint density at radius 3 is 2.38 bits per heavy atom. The Bertz CT molecular complexity index is 1250. The van der Waals surface area contributed by atoms with Gasteiger partial charge in [0.15, 0.2) is 0 Å². The first-order valence-electron chi connectivity index (χ1n) is 13.8. The van der Waals surface area contributed by atoms with E-state index in [9.17, 15) is 9.59 Å². The van der Waals surface area contributed by atoms with E-state index in [2.05, 4.69) is 41.4 Å². The van der Waals surface area contributed by atoms with E-state index in [4.69, 9.17) is 0 Å². The number of hydrogen-bond donors (Lipinski definition) is 1. The number of aryl methyl sites for hydroxylation is 1. The highest BCUT2D eigenvalue weighted by atomic mass is 16.2. The number of amides is 2. The number of unbranched alkanes of at least 4 members (excludes halogenated alkanes) is 1. The zero-order valence-electron chi connectivity index (χ0n) is 21.8. The van der Waals surface area contributed by atoms with Crippen molar-refractivity contribution in [3.8, 4) is 0 Å². The number of hydrogen-bond acceptors (Lipinski definition) is 3. The van der Waals surface area contributed by atoms with Crippen LogP contribution in [-0.2, 0) is 19.4 Å². The first-order valence-corrected chi connectivity index (χ1v) is 13.8. The van der Waals surface area contributed by atoms with Crippen LogP contribution in [0.3, 0.4) is 0 Å². The molecule has 3 aromatic carbocycles. The number of benzene rings is 3. The molecule has 0 aromatic heterocycles. The molecule has 2 aliphatic heterocycles. The van der Waals surface area contributed by atoms with E-state index < -0.39 is 0 Å². The minimum absolute atomic E-state index is 0.0601. The number of nitrogens with one attached hydrogen (secondary N) is 1. The number of anilines is 2. The summed E-state index contributed by atoms with van der Waals surface area (Å²) in [6, 6.07) is 22.2. The Morgan fingerprint density at radius 1 is 0.865 bits per heavy atom. The van der Waals surface area contributed by atoms with Crippen molar-refractivity contribution in [3.63, 3.8) is 0 Å². The second kappa shape index (κ2) is 11.6. The first kappa shape index (κ1) is 25.1. The molecule has 5 nitrogen and oxygen atoms in total. The van der Waals surface area contributed by atoms with Crippen molar-refractivity contribution < 1.29 is 9.59 Å². The monoisotopic (exact) mass is 495 g/mol. The number of carbonyl (C=O) groups excluding carboxylic acids is 2. The maximum absolute atomic E-state index is 13.7. The Morgan fingerprint density at radius 2 is 1.62 bits per heavy atom. The largest absolute Gasteiger partial charge is 0.366 e. The van der Waals surface area contributed by atoms with Crippen molar-refractivity contribution in [2.24, 2.45) is 0 Å². The molecule has 5 rings (SSSR count). The van der Waals surface area contributed by atoms with Crippen LogP contribution in [0.2, 0.25) is 0 Å². The lowest BCUT2D eigenvalue weighted by atomic mass is 9.98. The van der Waals surface area contributed by atoms with E-state index in [0.717, 1.165) is 70.4 Å². The normalized spacial score (nSPS) is 15.3. The predicted octanol–water partition coefficient (Wildman–Crippen LogP) is 6.47. The van der Waals surface area contributed by atoms with Crippen LogP contribution in [-0.4, -0.2) is 36.3 Å². The van der Waals surface area contributed by atoms with Crippen LogP contribution < -0.4 is 10.2 Å². The van der Waals surface area contributed by atoms with Gasteiger partial charge in [-0.1, -0.05) is 49.7 Å². The summed E-state index contributed by atoms with van der Waals surface area (Å²) in [5.74, 6) is -0.0944. The average Bonchev–Trinajstić information content (AvgIpc) is 2.96. The van der Waals surface area contributed by atoms with Crippen LogP contribution in [0.5, 0.6) is 0 Å². The van der Waals surface area contributed by atoms with Crippen LogP contribution in [0.25, 0.3) is 0 Å². The predicted molar refractivity (Wildman–Crippen MR) is 150 cm³/mol. The van der Waals surface area contributed by atoms with Gasteiger partial charge in [-0.25, -0.2) is 0 Å². The molecule has 0 bridgehead atoms. The molecule has 0 unspecified atom stereocenters. The Hall–Kier alpha value is -3.60. The molecule has 1 N–H and O–H groups in total. The molecule has 0 radical (unpaired) electrons. The molecule has 0 atom stereocenters. The number of rotatable bonds is 7. The maximum atomic E-state index is 13.7. The quantitative estimate of drug-likeness (QED) is 0.409. The molecular weight excluding hydrogens is 458 g/mol. The van der Waals surface area contributed by atoms with Crippen LogP contribution in [0, 0.1) is 0 Å². The minimum atomic E-state index is -0.155. The highest BCUT2D eigenvalue weighted by Crippen LogP contribution is 2.31. The highest BCUT2D eigenvalue weighted by Gasteiger charge is 2.26. The first-order chi connectivity index (χ1) is 18.1. The van der Waals surface area contributed by atoms with Gasteiger partial charge in [0.05, 0.1) is 5.56 Å². The van der Waals surface area contributed by atoms with E-state index in [-0.39, 0.29) is 11.8 Å². The smallest absolute Gasteiger partial charge is 0.256 e. The third-order valence-electron chi connectivity index (χ3n) is 7.63. The molecule has 0 spiro atoms. The second-order valence-electron chi connectivity index (χ2n) is 10.3. The lowest BCUT2D eigenvalue weighted by Crippen LogP contribution is -2.38. The standard InChI is InChI=1S/C32H37N3O2/c1-2-3-9-24-12-14-26(15-13-24)31(36)33-28-16-17-30(29(22-28)32(37)34-19-7-4-8-20-34)35-21-18-25-10-5-6-11-27(25)23-35/h5-6,10-17,22H,2-4,7-9,18-21,23H2,1H3,(H,33,36). The van der Waals surface area contributed by atoms with Gasteiger partial charge in [-0.3, -0.25) is 9.59 Å². The van der Waals surface area contributed by atoms with Gasteiger partial charge in [0.2, 0.25) is 0 Å². The molecule has 2 heterocycles. The summed E-state index contributed by atoms with van der Waals surface area (Å²) >= 11 is 0. The molecule has 0 aliphatic carbocycles. The summed E-state index contributed by atoms with van der Waals surface area (Å²) < 4.78 is 0. The maximum Gasteiger partial charge on any atom is 0.256 e. The third-order valence-corrected chi connectivity index (χ3v) is 7.63. The van der Waals surface area contributed by atoms with Gasteiger partial charge in [-0.05, 0) is 85.5 Å². The zero-order valence-corrected chi connectivity index (χ0v) is 21.8. The Labute approximate surface area is 220 Å². The molecule has 5 heteroatoms. The van der Waals surface area contributed by atoms with Crippen LogP contribution in [0.15, 0.2) is 66.7 Å². The summed E-state index contributed by atoms with van der Waals surface area (Å²) in [5, 5.41) is 3.04. The zero-order chi connectivity index (χ0) is 25.6. The summed E-state index contributed by atoms with van der Waals surface area (Å²) in [4.78, 5) is 31.0. The number of fused-ring (bicyclic) bond motifs is 1. The Kier molecular flexibility index (Phi) is 7.88. The SMILES string of the molecule is CCCCc1ccc(C(=O)Nc2ccc(N3CCc4ccccc4C3)c(C(=O)N3CCCCC3)c2)cc1. The van der Waals surface area contributed by atoms with Crippen molar-refractivity contribution in [2.75, 3.05) is 29.9 Å². The fraction of sp³-hybridized carbons (Fsp3) is 0.375. The number of nitrogens with zero attached hydrogens (tertiary/aromatic N) is 2. The molecule has 37 heavy (non-hydrogen) atoms. The van der Waals surface area contributed by atoms with Gasteiger partial charge >= 0.3 is 0 Å². The summed E-state index contributed by atoms with van der Waals surface area (Å²) in [6.45, 7) is 5.42. The van der Waals surface area contributed by atoms with E-state index in [1.54, 1.807) is 0 Å². The summed E-state index contributed by atoms with van der Waals surface area (Å²) in [7, 11) is 0. The Balaban J connectivity index is 1.39. The van der Waals surface area contributed by atoms with Crippen LogP contribution in [0.1, 0.15) is 76.4 Å². The van der Waals surface area contributed by atoms with Crippen molar-refractivity contribution in [3.05, 3.63) is 94.5 Å². The van der Waals surface area contributed by atoms with Gasteiger partial charge in [-0.15, -0.1) is 0 Å².